The maximum Gasteiger partial charge on any atom is 0.209 e. The second kappa shape index (κ2) is 4.44. The average Bonchev–Trinajstić information content (AvgIpc) is 2.59. The van der Waals surface area contributed by atoms with Crippen LogP contribution in [0.1, 0.15) is 67.4 Å². The highest BCUT2D eigenvalue weighted by Gasteiger charge is 2.53. The minimum atomic E-state index is 0.0834. The second-order valence-electron chi connectivity index (χ2n) is 7.93. The molecule has 1 heteroatoms. The maximum atomic E-state index is 2.59. The van der Waals surface area contributed by atoms with Crippen LogP contribution in [-0.4, -0.2) is 15.8 Å². The molecule has 1 aliphatic heterocycles. The van der Waals surface area contributed by atoms with Crippen LogP contribution < -0.4 is 0 Å². The molecule has 0 saturated carbocycles. The summed E-state index contributed by atoms with van der Waals surface area (Å²) in [6.07, 6.45) is 1.15. The summed E-state index contributed by atoms with van der Waals surface area (Å²) < 4.78 is 2.59. The highest BCUT2D eigenvalue weighted by molar-refractivity contribution is 5.93. The second-order valence-corrected chi connectivity index (χ2v) is 7.93. The Bertz CT molecular complexity index is 557. The summed E-state index contributed by atoms with van der Waals surface area (Å²) in [6, 6.07) is 8.93. The Morgan fingerprint density at radius 3 is 2.10 bits per heavy atom. The van der Waals surface area contributed by atoms with Crippen molar-refractivity contribution in [2.45, 2.75) is 72.8 Å². The maximum absolute atomic E-state index is 2.59. The van der Waals surface area contributed by atoms with Gasteiger partial charge in [0.05, 0.1) is 5.41 Å². The van der Waals surface area contributed by atoms with Gasteiger partial charge in [0.2, 0.25) is 5.69 Å². The molecule has 1 aromatic carbocycles. The minimum absolute atomic E-state index is 0.0834. The summed E-state index contributed by atoms with van der Waals surface area (Å²) in [7, 11) is 0. The van der Waals surface area contributed by atoms with Gasteiger partial charge < -0.3 is 0 Å². The van der Waals surface area contributed by atoms with Crippen LogP contribution in [0.4, 0.5) is 5.69 Å². The number of rotatable bonds is 2. The summed E-state index contributed by atoms with van der Waals surface area (Å²) in [5.41, 5.74) is 4.83. The first kappa shape index (κ1) is 15.3. The van der Waals surface area contributed by atoms with Gasteiger partial charge in [0.15, 0.2) is 11.3 Å². The van der Waals surface area contributed by atoms with E-state index in [4.69, 9.17) is 0 Å². The molecule has 0 aliphatic carbocycles. The zero-order valence-electron chi connectivity index (χ0n) is 14.5. The van der Waals surface area contributed by atoms with Crippen molar-refractivity contribution in [2.24, 2.45) is 5.41 Å². The summed E-state index contributed by atoms with van der Waals surface area (Å²) >= 11 is 0. The van der Waals surface area contributed by atoms with Crippen molar-refractivity contribution in [1.29, 1.82) is 0 Å². The summed E-state index contributed by atoms with van der Waals surface area (Å²) in [4.78, 5) is 0. The summed E-state index contributed by atoms with van der Waals surface area (Å²) in [6.45, 7) is 18.8. The molecule has 0 saturated heterocycles. The van der Waals surface area contributed by atoms with E-state index in [1.54, 1.807) is 0 Å². The molecule has 0 radical (unpaired) electrons. The summed E-state index contributed by atoms with van der Waals surface area (Å²) in [5, 5.41) is 0. The molecule has 1 nitrogen and oxygen atoms in total. The number of hydrogen-bond acceptors (Lipinski definition) is 0. The first-order valence-electron chi connectivity index (χ1n) is 7.81. The van der Waals surface area contributed by atoms with Crippen molar-refractivity contribution in [3.63, 3.8) is 0 Å². The number of para-hydroxylation sites is 1. The van der Waals surface area contributed by atoms with Gasteiger partial charge in [0.1, 0.15) is 0 Å². The van der Waals surface area contributed by atoms with Gasteiger partial charge in [-0.05, 0) is 13.3 Å². The van der Waals surface area contributed by atoms with Gasteiger partial charge in [-0.3, -0.25) is 0 Å². The molecule has 20 heavy (non-hydrogen) atoms. The Morgan fingerprint density at radius 1 is 1.05 bits per heavy atom. The van der Waals surface area contributed by atoms with Gasteiger partial charge in [-0.15, -0.1) is 0 Å². The molecule has 0 fully saturated rings. The molecule has 0 N–H and O–H groups in total. The van der Waals surface area contributed by atoms with E-state index in [1.807, 2.05) is 0 Å². The quantitative estimate of drug-likeness (QED) is 0.643. The van der Waals surface area contributed by atoms with E-state index in [0.29, 0.717) is 0 Å². The first-order chi connectivity index (χ1) is 9.07. The lowest BCUT2D eigenvalue weighted by Gasteiger charge is -2.35. The van der Waals surface area contributed by atoms with E-state index in [0.717, 1.165) is 6.42 Å². The van der Waals surface area contributed by atoms with Gasteiger partial charge >= 0.3 is 0 Å². The zero-order chi connectivity index (χ0) is 15.3. The van der Waals surface area contributed by atoms with Crippen molar-refractivity contribution < 1.29 is 4.58 Å². The Morgan fingerprint density at radius 2 is 1.60 bits per heavy atom. The van der Waals surface area contributed by atoms with E-state index in [1.165, 1.54) is 17.0 Å². The monoisotopic (exact) mass is 272 g/mol. The smallest absolute Gasteiger partial charge is 0.194 e. The standard InChI is InChI=1S/C19H30N/c1-9-19(8)14(2)20(18(6,7)17(3,4)5)16-13-11-10-12-15(16)19/h10-13H,9H2,1-8H3/q+1. The average molecular weight is 272 g/mol. The molecule has 0 spiro atoms. The van der Waals surface area contributed by atoms with Gasteiger partial charge in [-0.1, -0.05) is 45.9 Å². The molecule has 110 valence electrons. The van der Waals surface area contributed by atoms with Crippen LogP contribution in [0.15, 0.2) is 24.3 Å². The molecule has 2 rings (SSSR count). The predicted molar refractivity (Wildman–Crippen MR) is 88.2 cm³/mol. The third-order valence-electron chi connectivity index (χ3n) is 5.97. The van der Waals surface area contributed by atoms with Gasteiger partial charge in [-0.25, -0.2) is 0 Å². The van der Waals surface area contributed by atoms with Gasteiger partial charge in [-0.2, -0.15) is 4.58 Å². The molecule has 0 amide bonds. The number of benzene rings is 1. The molecule has 1 aromatic rings. The number of nitrogens with zero attached hydrogens (tertiary/aromatic N) is 1. The fourth-order valence-corrected chi connectivity index (χ4v) is 3.26. The largest absolute Gasteiger partial charge is 0.209 e. The Hall–Kier alpha value is -1.11. The van der Waals surface area contributed by atoms with Crippen molar-refractivity contribution >= 4 is 11.4 Å². The van der Waals surface area contributed by atoms with Crippen LogP contribution in [0.2, 0.25) is 0 Å². The van der Waals surface area contributed by atoms with Crippen molar-refractivity contribution in [3.05, 3.63) is 29.8 Å². The normalized spacial score (nSPS) is 23.2. The van der Waals surface area contributed by atoms with Crippen LogP contribution in [0.5, 0.6) is 0 Å². The van der Waals surface area contributed by atoms with Crippen molar-refractivity contribution in [3.8, 4) is 0 Å². The van der Waals surface area contributed by atoms with E-state index >= 15 is 0 Å². The van der Waals surface area contributed by atoms with Crippen molar-refractivity contribution in [1.82, 2.24) is 0 Å². The van der Waals surface area contributed by atoms with Crippen LogP contribution in [0.3, 0.4) is 0 Å². The fourth-order valence-electron chi connectivity index (χ4n) is 3.26. The number of hydrogen-bond donors (Lipinski definition) is 0. The first-order valence-corrected chi connectivity index (χ1v) is 7.81. The Labute approximate surface area is 124 Å². The molecular formula is C19H30N+. The molecule has 1 unspecified atom stereocenters. The lowest BCUT2D eigenvalue weighted by atomic mass is 9.75. The van der Waals surface area contributed by atoms with Crippen molar-refractivity contribution in [2.75, 3.05) is 0 Å². The molecule has 1 heterocycles. The lowest BCUT2D eigenvalue weighted by molar-refractivity contribution is -0.545. The van der Waals surface area contributed by atoms with Crippen LogP contribution in [0.25, 0.3) is 0 Å². The van der Waals surface area contributed by atoms with Crippen LogP contribution in [0, 0.1) is 5.41 Å². The number of fused-ring (bicyclic) bond motifs is 1. The minimum Gasteiger partial charge on any atom is -0.194 e. The third-order valence-corrected chi connectivity index (χ3v) is 5.97. The van der Waals surface area contributed by atoms with E-state index in [-0.39, 0.29) is 16.4 Å². The molecule has 1 atom stereocenters. The highest BCUT2D eigenvalue weighted by atomic mass is 15.1. The van der Waals surface area contributed by atoms with E-state index < -0.39 is 0 Å². The van der Waals surface area contributed by atoms with Crippen LogP contribution >= 0.6 is 0 Å². The third kappa shape index (κ3) is 1.86. The molecule has 0 bridgehead atoms. The van der Waals surface area contributed by atoms with E-state index in [9.17, 15) is 0 Å². The fraction of sp³-hybridized carbons (Fsp3) is 0.632. The molecule has 0 aromatic heterocycles. The molecule has 1 aliphatic rings. The topological polar surface area (TPSA) is 3.01 Å². The van der Waals surface area contributed by atoms with Crippen LogP contribution in [-0.2, 0) is 5.41 Å². The Balaban J connectivity index is 2.76. The SMILES string of the molecule is CCC1(C)C(C)=[N+](C(C)(C)C(C)(C)C)c2ccccc21. The highest BCUT2D eigenvalue weighted by Crippen LogP contribution is 2.47. The molecular weight excluding hydrogens is 242 g/mol. The van der Waals surface area contributed by atoms with E-state index in [2.05, 4.69) is 84.2 Å². The predicted octanol–water partition coefficient (Wildman–Crippen LogP) is 5.30. The summed E-state index contributed by atoms with van der Waals surface area (Å²) in [5.74, 6) is 0. The Kier molecular flexibility index (Phi) is 3.40. The van der Waals surface area contributed by atoms with Gasteiger partial charge in [0.25, 0.3) is 0 Å². The van der Waals surface area contributed by atoms with Gasteiger partial charge in [0, 0.05) is 37.8 Å². The lowest BCUT2D eigenvalue weighted by Crippen LogP contribution is -2.47. The zero-order valence-corrected chi connectivity index (χ0v) is 14.5.